The van der Waals surface area contributed by atoms with Gasteiger partial charge in [-0.2, -0.15) is 5.26 Å². The zero-order valence-electron chi connectivity index (χ0n) is 28.3. The van der Waals surface area contributed by atoms with Gasteiger partial charge in [0.1, 0.15) is 6.07 Å². The van der Waals surface area contributed by atoms with E-state index in [-0.39, 0.29) is 22.3 Å². The molecule has 2 aromatic carbocycles. The number of halogens is 1. The second-order valence-corrected chi connectivity index (χ2v) is 19.9. The Morgan fingerprint density at radius 3 is 2.59 bits per heavy atom. The fourth-order valence-corrected chi connectivity index (χ4v) is 7.08. The number of nitriles is 1. The van der Waals surface area contributed by atoms with Crippen LogP contribution in [-0.2, 0) is 14.6 Å². The SMILES string of the molecule is Cc1c(NC(=O)C2CCN(C)CC2)cc(Cl)cc1Nc1nccc(-c2cc(C#N)c3c(c2)[C@@](C)(CO[Si](C)(C)C(C)(C)C)CN3)n1. The molecule has 3 aromatic rings. The number of benzene rings is 2. The number of nitrogens with zero attached hydrogens (tertiary/aromatic N) is 4. The van der Waals surface area contributed by atoms with Gasteiger partial charge in [0, 0.05) is 52.6 Å². The molecule has 1 aromatic heterocycles. The Morgan fingerprint density at radius 2 is 1.91 bits per heavy atom. The number of likely N-dealkylation sites (tertiary alicyclic amines) is 1. The van der Waals surface area contributed by atoms with Crippen LogP contribution >= 0.6 is 11.6 Å². The molecule has 0 aliphatic carbocycles. The molecule has 11 heteroatoms. The van der Waals surface area contributed by atoms with Crippen molar-refractivity contribution in [1.82, 2.24) is 14.9 Å². The van der Waals surface area contributed by atoms with E-state index in [1.54, 1.807) is 18.3 Å². The van der Waals surface area contributed by atoms with Crippen molar-refractivity contribution in [1.29, 1.82) is 5.26 Å². The molecule has 1 fully saturated rings. The molecule has 3 heterocycles. The van der Waals surface area contributed by atoms with Gasteiger partial charge in [-0.15, -0.1) is 0 Å². The first-order valence-electron chi connectivity index (χ1n) is 16.0. The zero-order chi connectivity index (χ0) is 33.4. The van der Waals surface area contributed by atoms with E-state index in [2.05, 4.69) is 85.8 Å². The van der Waals surface area contributed by atoms with Crippen molar-refractivity contribution in [3.63, 3.8) is 0 Å². The number of nitrogens with one attached hydrogen (secondary N) is 3. The first-order valence-corrected chi connectivity index (χ1v) is 19.3. The molecule has 244 valence electrons. The average molecular weight is 660 g/mol. The third-order valence-electron chi connectivity index (χ3n) is 10.0. The lowest BCUT2D eigenvalue weighted by Gasteiger charge is -2.39. The lowest BCUT2D eigenvalue weighted by Crippen LogP contribution is -2.45. The molecular weight excluding hydrogens is 614 g/mol. The second kappa shape index (κ2) is 13.0. The Labute approximate surface area is 279 Å². The molecule has 5 rings (SSSR count). The van der Waals surface area contributed by atoms with Crippen molar-refractivity contribution in [3.05, 3.63) is 58.2 Å². The third kappa shape index (κ3) is 7.08. The molecule has 1 atom stereocenters. The smallest absolute Gasteiger partial charge is 0.227 e. The van der Waals surface area contributed by atoms with Crippen molar-refractivity contribution < 1.29 is 9.22 Å². The minimum absolute atomic E-state index is 0.0174. The van der Waals surface area contributed by atoms with Crippen LogP contribution in [0.15, 0.2) is 36.5 Å². The Balaban J connectivity index is 1.40. The van der Waals surface area contributed by atoms with Gasteiger partial charge >= 0.3 is 0 Å². The standard InChI is InChI=1S/C35H46ClN7O2Si/c1-22-29(40-32(44)23-10-13-43(6)14-11-23)17-26(36)18-30(22)42-33-38-12-9-28(41-33)24-15-25(19-37)31-27(16-24)35(5,20-39-31)21-45-46(7,8)34(2,3)4/h9,12,15-18,23,39H,10-11,13-14,20-21H2,1-8H3,(H,40,44)(H,38,41,42)/t35-/m1/s1. The van der Waals surface area contributed by atoms with Crippen LogP contribution in [0, 0.1) is 24.2 Å². The topological polar surface area (TPSA) is 115 Å². The van der Waals surface area contributed by atoms with Crippen LogP contribution in [0.5, 0.6) is 0 Å². The number of rotatable bonds is 8. The van der Waals surface area contributed by atoms with Gasteiger partial charge in [0.05, 0.1) is 16.9 Å². The number of fused-ring (bicyclic) bond motifs is 1. The molecule has 1 saturated heterocycles. The highest BCUT2D eigenvalue weighted by atomic mass is 35.5. The lowest BCUT2D eigenvalue weighted by atomic mass is 9.83. The van der Waals surface area contributed by atoms with Gasteiger partial charge in [-0.1, -0.05) is 39.3 Å². The van der Waals surface area contributed by atoms with Gasteiger partial charge in [-0.3, -0.25) is 4.79 Å². The number of carbonyl (C=O) groups is 1. The number of piperidine rings is 1. The van der Waals surface area contributed by atoms with Gasteiger partial charge in [0.25, 0.3) is 0 Å². The first kappa shape index (κ1) is 33.9. The quantitative estimate of drug-likeness (QED) is 0.211. The van der Waals surface area contributed by atoms with Crippen molar-refractivity contribution in [2.45, 2.75) is 71.0 Å². The summed E-state index contributed by atoms with van der Waals surface area (Å²) in [6, 6.07) is 11.8. The molecular formula is C35H46ClN7O2Si. The Hall–Kier alpha value is -3.49. The Bertz CT molecular complexity index is 1670. The maximum absolute atomic E-state index is 13.1. The summed E-state index contributed by atoms with van der Waals surface area (Å²) in [6.45, 7) is 18.5. The van der Waals surface area contributed by atoms with Crippen molar-refractivity contribution in [2.75, 3.05) is 49.2 Å². The van der Waals surface area contributed by atoms with Crippen LogP contribution in [0.4, 0.5) is 23.0 Å². The maximum Gasteiger partial charge on any atom is 0.227 e. The number of hydrogen-bond donors (Lipinski definition) is 3. The number of carbonyl (C=O) groups excluding carboxylic acids is 1. The predicted octanol–water partition coefficient (Wildman–Crippen LogP) is 7.71. The molecule has 9 nitrogen and oxygen atoms in total. The van der Waals surface area contributed by atoms with Crippen LogP contribution < -0.4 is 16.0 Å². The van der Waals surface area contributed by atoms with Crippen LogP contribution in [0.3, 0.4) is 0 Å². The third-order valence-corrected chi connectivity index (χ3v) is 14.7. The minimum Gasteiger partial charge on any atom is -0.416 e. The number of anilines is 4. The molecule has 1 amide bonds. The highest BCUT2D eigenvalue weighted by Crippen LogP contribution is 2.44. The summed E-state index contributed by atoms with van der Waals surface area (Å²) in [7, 11) is 0.106. The number of aromatic nitrogens is 2. The minimum atomic E-state index is -1.97. The van der Waals surface area contributed by atoms with E-state index in [4.69, 9.17) is 21.0 Å². The molecule has 0 radical (unpaired) electrons. The van der Waals surface area contributed by atoms with Crippen molar-refractivity contribution in [3.8, 4) is 17.3 Å². The summed E-state index contributed by atoms with van der Waals surface area (Å²) in [5.41, 5.74) is 5.93. The summed E-state index contributed by atoms with van der Waals surface area (Å²) >= 11 is 6.51. The van der Waals surface area contributed by atoms with Crippen LogP contribution in [0.1, 0.15) is 57.2 Å². The highest BCUT2D eigenvalue weighted by molar-refractivity contribution is 6.74. The van der Waals surface area contributed by atoms with Gasteiger partial charge in [0.2, 0.25) is 11.9 Å². The van der Waals surface area contributed by atoms with E-state index in [1.165, 1.54) is 0 Å². The summed E-state index contributed by atoms with van der Waals surface area (Å²) in [6.07, 6.45) is 3.37. The van der Waals surface area contributed by atoms with E-state index >= 15 is 0 Å². The van der Waals surface area contributed by atoms with Gasteiger partial charge in [0.15, 0.2) is 8.32 Å². The van der Waals surface area contributed by atoms with E-state index in [9.17, 15) is 10.1 Å². The summed E-state index contributed by atoms with van der Waals surface area (Å²) in [5, 5.41) is 20.6. The molecule has 0 bridgehead atoms. The summed E-state index contributed by atoms with van der Waals surface area (Å²) in [4.78, 5) is 24.6. The van der Waals surface area contributed by atoms with E-state index in [0.29, 0.717) is 46.8 Å². The van der Waals surface area contributed by atoms with Crippen LogP contribution in [0.2, 0.25) is 23.2 Å². The molecule has 0 spiro atoms. The van der Waals surface area contributed by atoms with Crippen LogP contribution in [0.25, 0.3) is 11.3 Å². The van der Waals surface area contributed by atoms with Gasteiger partial charge < -0.3 is 25.3 Å². The first-order chi connectivity index (χ1) is 21.6. The fourth-order valence-electron chi connectivity index (χ4n) is 5.75. The van der Waals surface area contributed by atoms with E-state index in [1.807, 2.05) is 19.1 Å². The van der Waals surface area contributed by atoms with Gasteiger partial charge in [-0.05, 0) is 99.5 Å². The second-order valence-electron chi connectivity index (χ2n) is 14.6. The van der Waals surface area contributed by atoms with E-state index < -0.39 is 8.32 Å². The van der Waals surface area contributed by atoms with Crippen molar-refractivity contribution >= 4 is 48.8 Å². The van der Waals surface area contributed by atoms with Crippen LogP contribution in [-0.4, -0.2) is 62.4 Å². The molecule has 2 aliphatic rings. The maximum atomic E-state index is 13.1. The molecule has 46 heavy (non-hydrogen) atoms. The summed E-state index contributed by atoms with van der Waals surface area (Å²) < 4.78 is 6.68. The normalized spacial score (nSPS) is 18.9. The number of hydrogen-bond acceptors (Lipinski definition) is 8. The molecule has 0 unspecified atom stereocenters. The predicted molar refractivity (Wildman–Crippen MR) is 189 cm³/mol. The Kier molecular flexibility index (Phi) is 9.54. The molecule has 0 saturated carbocycles. The number of amides is 1. The summed E-state index contributed by atoms with van der Waals surface area (Å²) in [5.74, 6) is 0.382. The van der Waals surface area contributed by atoms with Gasteiger partial charge in [-0.25, -0.2) is 9.97 Å². The van der Waals surface area contributed by atoms with E-state index in [0.717, 1.165) is 48.3 Å². The lowest BCUT2D eigenvalue weighted by molar-refractivity contribution is -0.121. The molecule has 3 N–H and O–H groups in total. The highest BCUT2D eigenvalue weighted by Gasteiger charge is 2.42. The zero-order valence-corrected chi connectivity index (χ0v) is 30.0. The largest absolute Gasteiger partial charge is 0.416 e. The monoisotopic (exact) mass is 659 g/mol. The molecule has 2 aliphatic heterocycles. The van der Waals surface area contributed by atoms with Crippen molar-refractivity contribution in [2.24, 2.45) is 5.92 Å². The Morgan fingerprint density at radius 1 is 1.22 bits per heavy atom. The fraction of sp³-hybridized carbons (Fsp3) is 0.486. The average Bonchev–Trinajstić information content (AvgIpc) is 3.34.